The van der Waals surface area contributed by atoms with E-state index in [9.17, 15) is 9.90 Å². The predicted molar refractivity (Wildman–Crippen MR) is 183 cm³/mol. The molecule has 2 fully saturated rings. The van der Waals surface area contributed by atoms with Gasteiger partial charge in [-0.2, -0.15) is 4.68 Å². The molecule has 0 aliphatic carbocycles. The van der Waals surface area contributed by atoms with Crippen LogP contribution >= 0.6 is 11.8 Å². The van der Waals surface area contributed by atoms with Crippen molar-refractivity contribution in [1.29, 1.82) is 0 Å². The maximum absolute atomic E-state index is 13.1. The Morgan fingerprint density at radius 2 is 1.84 bits per heavy atom. The highest BCUT2D eigenvalue weighted by molar-refractivity contribution is 7.99. The fraction of sp³-hybridized carbons (Fsp3) is 0.765. The van der Waals surface area contributed by atoms with Gasteiger partial charge in [0.25, 0.3) is 0 Å². The fourth-order valence-electron chi connectivity index (χ4n) is 7.55. The Bertz CT molecular complexity index is 1210. The Labute approximate surface area is 276 Å². The highest BCUT2D eigenvalue weighted by Gasteiger charge is 2.57. The molecule has 2 saturated heterocycles. The Morgan fingerprint density at radius 3 is 2.49 bits per heavy atom. The van der Waals surface area contributed by atoms with Crippen molar-refractivity contribution in [1.82, 2.24) is 25.5 Å². The monoisotopic (exact) mass is 659 g/mol. The minimum atomic E-state index is -1.93. The molecule has 9 nitrogen and oxygen atoms in total. The van der Waals surface area contributed by atoms with Crippen molar-refractivity contribution in [2.75, 3.05) is 5.75 Å². The SMILES string of the molecule is CC[C@H]1C[C@H](C)[C@@]2(NC1=O)O[C@@H](C[C@H](O[Si](CC)(CC)CC)[C@@H](C)CCCSc1nnnn1-c1ccccc1)[C@H](C)[C@H](O)[C@@H]2C. The number of ether oxygens (including phenoxy) is 1. The molecule has 1 amide bonds. The first-order valence-electron chi connectivity index (χ1n) is 17.4. The third-order valence-electron chi connectivity index (χ3n) is 11.1. The molecule has 11 heteroatoms. The molecule has 2 aliphatic heterocycles. The van der Waals surface area contributed by atoms with Crippen LogP contribution in [0.25, 0.3) is 5.69 Å². The number of hydrogen-bond acceptors (Lipinski definition) is 8. The summed E-state index contributed by atoms with van der Waals surface area (Å²) in [6, 6.07) is 13.2. The molecule has 4 rings (SSSR count). The Kier molecular flexibility index (Phi) is 12.7. The van der Waals surface area contributed by atoms with Crippen LogP contribution in [0.5, 0.6) is 0 Å². The Balaban J connectivity index is 1.48. The summed E-state index contributed by atoms with van der Waals surface area (Å²) in [7, 11) is -1.93. The number of para-hydroxylation sites is 1. The van der Waals surface area contributed by atoms with Crippen LogP contribution < -0.4 is 5.32 Å². The number of carbonyl (C=O) groups is 1. The summed E-state index contributed by atoms with van der Waals surface area (Å²) < 4.78 is 16.1. The molecule has 2 aliphatic rings. The smallest absolute Gasteiger partial charge is 0.225 e. The zero-order valence-electron chi connectivity index (χ0n) is 28.7. The minimum absolute atomic E-state index is 0.00654. The summed E-state index contributed by atoms with van der Waals surface area (Å²) >= 11 is 1.68. The van der Waals surface area contributed by atoms with Crippen LogP contribution in [0.4, 0.5) is 0 Å². The van der Waals surface area contributed by atoms with Gasteiger partial charge in [0.15, 0.2) is 8.32 Å². The number of carbonyl (C=O) groups excluding carboxylic acids is 1. The van der Waals surface area contributed by atoms with Gasteiger partial charge >= 0.3 is 0 Å². The standard InChI is InChI=1S/C34H57N5O4SSi/c1-9-27-21-24(6)34(35-32(27)41)26(8)31(40)25(7)30(42-34)22-29(43-45(10-2,11-3)12-4)23(5)17-16-20-44-33-36-37-38-39(33)28-18-14-13-15-19-28/h13-15,18-19,23-27,29-31,40H,9-12,16-17,20-22H2,1-8H3,(H,35,41)/t23-,24-,25-,26-,27-,29-,30-,31-,34+/m0/s1. The van der Waals surface area contributed by atoms with E-state index in [-0.39, 0.29) is 41.8 Å². The maximum Gasteiger partial charge on any atom is 0.225 e. The van der Waals surface area contributed by atoms with E-state index in [1.165, 1.54) is 0 Å². The van der Waals surface area contributed by atoms with E-state index in [0.29, 0.717) is 12.3 Å². The first-order valence-corrected chi connectivity index (χ1v) is 20.9. The lowest BCUT2D eigenvalue weighted by molar-refractivity contribution is -0.266. The lowest BCUT2D eigenvalue weighted by Gasteiger charge is -2.56. The number of benzene rings is 1. The number of nitrogens with zero attached hydrogens (tertiary/aromatic N) is 4. The van der Waals surface area contributed by atoms with Crippen molar-refractivity contribution in [2.24, 2.45) is 29.6 Å². The zero-order valence-corrected chi connectivity index (χ0v) is 30.6. The van der Waals surface area contributed by atoms with Crippen molar-refractivity contribution in [2.45, 2.75) is 135 Å². The summed E-state index contributed by atoms with van der Waals surface area (Å²) in [5, 5.41) is 28.0. The number of tetrazole rings is 1. The molecule has 2 aromatic rings. The molecule has 1 spiro atoms. The number of amides is 1. The molecule has 0 radical (unpaired) electrons. The number of hydrogen-bond donors (Lipinski definition) is 2. The lowest BCUT2D eigenvalue weighted by Crippen LogP contribution is -2.71. The summed E-state index contributed by atoms with van der Waals surface area (Å²) in [5.41, 5.74) is 0.0952. The number of rotatable bonds is 15. The van der Waals surface area contributed by atoms with E-state index >= 15 is 0 Å². The molecule has 2 N–H and O–H groups in total. The van der Waals surface area contributed by atoms with Crippen LogP contribution in [0.1, 0.15) is 87.5 Å². The molecule has 1 aromatic carbocycles. The number of aliphatic hydroxyl groups excluding tert-OH is 1. The van der Waals surface area contributed by atoms with Crippen molar-refractivity contribution in [3.8, 4) is 5.69 Å². The highest BCUT2D eigenvalue weighted by Crippen LogP contribution is 2.46. The van der Waals surface area contributed by atoms with Gasteiger partial charge in [-0.1, -0.05) is 85.4 Å². The zero-order chi connectivity index (χ0) is 32.8. The first kappa shape index (κ1) is 36.1. The Morgan fingerprint density at radius 1 is 1.16 bits per heavy atom. The summed E-state index contributed by atoms with van der Waals surface area (Å²) in [5.74, 6) is 1.10. The van der Waals surface area contributed by atoms with Crippen LogP contribution in [0.15, 0.2) is 35.5 Å². The molecule has 0 unspecified atom stereocenters. The van der Waals surface area contributed by atoms with Gasteiger partial charge in [0.1, 0.15) is 5.72 Å². The molecule has 3 heterocycles. The summed E-state index contributed by atoms with van der Waals surface area (Å²) in [4.78, 5) is 13.1. The number of aliphatic hydroxyl groups is 1. The van der Waals surface area contributed by atoms with Crippen LogP contribution in [0.2, 0.25) is 18.1 Å². The third kappa shape index (κ3) is 7.85. The molecule has 9 atom stereocenters. The topological polar surface area (TPSA) is 111 Å². The summed E-state index contributed by atoms with van der Waals surface area (Å²) in [6.07, 6.45) is 3.53. The second-order valence-corrected chi connectivity index (χ2v) is 19.4. The maximum atomic E-state index is 13.1. The van der Waals surface area contributed by atoms with E-state index in [0.717, 1.165) is 60.4 Å². The van der Waals surface area contributed by atoms with E-state index in [1.807, 2.05) is 37.3 Å². The van der Waals surface area contributed by atoms with Gasteiger partial charge in [0, 0.05) is 29.4 Å². The number of nitrogens with one attached hydrogen (secondary N) is 1. The minimum Gasteiger partial charge on any atom is -0.414 e. The average Bonchev–Trinajstić information content (AvgIpc) is 3.53. The molecular formula is C34H57N5O4SSi. The molecule has 0 saturated carbocycles. The molecular weight excluding hydrogens is 603 g/mol. The second kappa shape index (κ2) is 15.9. The molecule has 252 valence electrons. The number of thioether (sulfide) groups is 1. The number of piperidine rings is 1. The Hall–Kier alpha value is -1.79. The van der Waals surface area contributed by atoms with E-state index < -0.39 is 20.1 Å². The molecule has 45 heavy (non-hydrogen) atoms. The lowest BCUT2D eigenvalue weighted by atomic mass is 9.69. The summed E-state index contributed by atoms with van der Waals surface area (Å²) in [6.45, 7) is 17.5. The quantitative estimate of drug-likeness (QED) is 0.121. The van der Waals surface area contributed by atoms with Crippen molar-refractivity contribution < 1.29 is 19.1 Å². The highest BCUT2D eigenvalue weighted by atomic mass is 32.2. The van der Waals surface area contributed by atoms with Crippen molar-refractivity contribution in [3.63, 3.8) is 0 Å². The van der Waals surface area contributed by atoms with E-state index in [4.69, 9.17) is 9.16 Å². The van der Waals surface area contributed by atoms with Gasteiger partial charge in [-0.3, -0.25) is 4.79 Å². The molecule has 0 bridgehead atoms. The second-order valence-electron chi connectivity index (χ2n) is 13.6. The van der Waals surface area contributed by atoms with E-state index in [1.54, 1.807) is 16.4 Å². The van der Waals surface area contributed by atoms with Gasteiger partial charge in [0.05, 0.1) is 24.0 Å². The van der Waals surface area contributed by atoms with E-state index in [2.05, 4.69) is 69.3 Å². The van der Waals surface area contributed by atoms with Crippen LogP contribution in [0, 0.1) is 29.6 Å². The van der Waals surface area contributed by atoms with Gasteiger partial charge in [-0.05, 0) is 78.7 Å². The number of aromatic nitrogens is 4. The van der Waals surface area contributed by atoms with Gasteiger partial charge in [-0.25, -0.2) is 0 Å². The third-order valence-corrected chi connectivity index (χ3v) is 16.8. The van der Waals surface area contributed by atoms with Gasteiger partial charge in [0.2, 0.25) is 11.1 Å². The largest absolute Gasteiger partial charge is 0.414 e. The van der Waals surface area contributed by atoms with Gasteiger partial charge in [-0.15, -0.1) is 5.10 Å². The van der Waals surface area contributed by atoms with Crippen molar-refractivity contribution >= 4 is 26.0 Å². The van der Waals surface area contributed by atoms with Gasteiger partial charge < -0.3 is 19.6 Å². The predicted octanol–water partition coefficient (Wildman–Crippen LogP) is 6.86. The van der Waals surface area contributed by atoms with Crippen LogP contribution in [-0.2, 0) is 14.0 Å². The van der Waals surface area contributed by atoms with Crippen molar-refractivity contribution in [3.05, 3.63) is 30.3 Å². The normalized spacial score (nSPS) is 30.3. The van der Waals surface area contributed by atoms with Crippen LogP contribution in [-0.4, -0.2) is 69.3 Å². The average molecular weight is 660 g/mol. The molecule has 1 aromatic heterocycles. The fourth-order valence-corrected chi connectivity index (χ4v) is 11.4. The van der Waals surface area contributed by atoms with Crippen LogP contribution in [0.3, 0.4) is 0 Å². The first-order chi connectivity index (χ1) is 21.5.